The molecule has 2 nitrogen and oxygen atoms in total. The van der Waals surface area contributed by atoms with E-state index in [1.54, 1.807) is 7.11 Å². The minimum absolute atomic E-state index is 0.611. The maximum atomic E-state index is 5.45. The number of hydrogen-bond acceptors (Lipinski definition) is 2. The van der Waals surface area contributed by atoms with Gasteiger partial charge in [-0.15, -0.1) is 0 Å². The number of benzene rings is 1. The Bertz CT molecular complexity index is 340. The molecule has 2 heteroatoms. The van der Waals surface area contributed by atoms with Gasteiger partial charge in [0.1, 0.15) is 5.75 Å². The highest BCUT2D eigenvalue weighted by Crippen LogP contribution is 2.35. The van der Waals surface area contributed by atoms with Crippen LogP contribution >= 0.6 is 0 Å². The fraction of sp³-hybridized carbons (Fsp3) is 0.571. The van der Waals surface area contributed by atoms with Crippen LogP contribution < -0.4 is 9.64 Å². The molecule has 1 aliphatic heterocycles. The SMILES string of the molecule is COc1ccccc1N1C(C)CCCC1C. The minimum Gasteiger partial charge on any atom is -0.495 e. The molecule has 0 bridgehead atoms. The van der Waals surface area contributed by atoms with Crippen LogP contribution in [0.25, 0.3) is 0 Å². The van der Waals surface area contributed by atoms with Crippen LogP contribution in [0.2, 0.25) is 0 Å². The summed E-state index contributed by atoms with van der Waals surface area (Å²) in [5.74, 6) is 0.989. The van der Waals surface area contributed by atoms with Gasteiger partial charge in [-0.1, -0.05) is 12.1 Å². The first-order valence-corrected chi connectivity index (χ1v) is 6.15. The monoisotopic (exact) mass is 219 g/mol. The summed E-state index contributed by atoms with van der Waals surface area (Å²) in [7, 11) is 1.75. The first-order chi connectivity index (χ1) is 7.74. The van der Waals surface area contributed by atoms with Gasteiger partial charge in [-0.25, -0.2) is 0 Å². The van der Waals surface area contributed by atoms with Gasteiger partial charge in [0, 0.05) is 12.1 Å². The first-order valence-electron chi connectivity index (χ1n) is 6.15. The fourth-order valence-electron chi connectivity index (χ4n) is 2.74. The average molecular weight is 219 g/mol. The summed E-state index contributed by atoms with van der Waals surface area (Å²) >= 11 is 0. The highest BCUT2D eigenvalue weighted by Gasteiger charge is 2.26. The third kappa shape index (κ3) is 2.01. The van der Waals surface area contributed by atoms with Crippen molar-refractivity contribution < 1.29 is 4.74 Å². The molecule has 0 aliphatic carbocycles. The Morgan fingerprint density at radius 2 is 1.75 bits per heavy atom. The van der Waals surface area contributed by atoms with Crippen molar-refractivity contribution in [2.75, 3.05) is 12.0 Å². The van der Waals surface area contributed by atoms with Crippen molar-refractivity contribution in [3.63, 3.8) is 0 Å². The average Bonchev–Trinajstić information content (AvgIpc) is 2.29. The third-order valence-corrected chi connectivity index (χ3v) is 3.56. The number of anilines is 1. The van der Waals surface area contributed by atoms with Gasteiger partial charge in [-0.05, 0) is 45.2 Å². The Morgan fingerprint density at radius 1 is 1.12 bits per heavy atom. The van der Waals surface area contributed by atoms with Crippen LogP contribution in [0, 0.1) is 0 Å². The van der Waals surface area contributed by atoms with Gasteiger partial charge in [0.05, 0.1) is 12.8 Å². The largest absolute Gasteiger partial charge is 0.495 e. The quantitative estimate of drug-likeness (QED) is 0.755. The Balaban J connectivity index is 2.33. The van der Waals surface area contributed by atoms with Gasteiger partial charge in [0.25, 0.3) is 0 Å². The lowest BCUT2D eigenvalue weighted by Gasteiger charge is -2.41. The summed E-state index contributed by atoms with van der Waals surface area (Å²) in [6.07, 6.45) is 3.90. The molecular weight excluding hydrogens is 198 g/mol. The molecule has 88 valence electrons. The molecule has 2 unspecified atom stereocenters. The van der Waals surface area contributed by atoms with E-state index in [2.05, 4.69) is 30.9 Å². The van der Waals surface area contributed by atoms with E-state index >= 15 is 0 Å². The zero-order chi connectivity index (χ0) is 11.5. The smallest absolute Gasteiger partial charge is 0.142 e. The molecule has 1 saturated heterocycles. The molecule has 1 heterocycles. The van der Waals surface area contributed by atoms with Crippen molar-refractivity contribution in [1.29, 1.82) is 0 Å². The lowest BCUT2D eigenvalue weighted by atomic mass is 9.96. The standard InChI is InChI=1S/C14H21NO/c1-11-7-6-8-12(2)15(11)13-9-4-5-10-14(13)16-3/h4-5,9-12H,6-8H2,1-3H3. The van der Waals surface area contributed by atoms with Gasteiger partial charge in [-0.3, -0.25) is 0 Å². The molecule has 1 aromatic rings. The summed E-state index contributed by atoms with van der Waals surface area (Å²) in [4.78, 5) is 2.50. The third-order valence-electron chi connectivity index (χ3n) is 3.56. The predicted octanol–water partition coefficient (Wildman–Crippen LogP) is 3.46. The zero-order valence-corrected chi connectivity index (χ0v) is 10.4. The molecular formula is C14H21NO. The van der Waals surface area contributed by atoms with Gasteiger partial charge in [0.2, 0.25) is 0 Å². The molecule has 0 aromatic heterocycles. The lowest BCUT2D eigenvalue weighted by Crippen LogP contribution is -2.43. The number of ether oxygens (including phenoxy) is 1. The Morgan fingerprint density at radius 3 is 2.38 bits per heavy atom. The molecule has 0 spiro atoms. The van der Waals surface area contributed by atoms with Crippen molar-refractivity contribution in [3.8, 4) is 5.75 Å². The number of para-hydroxylation sites is 2. The van der Waals surface area contributed by atoms with Gasteiger partial charge < -0.3 is 9.64 Å². The molecule has 1 fully saturated rings. The molecule has 1 aliphatic rings. The number of piperidine rings is 1. The van der Waals surface area contributed by atoms with E-state index in [0.29, 0.717) is 12.1 Å². The van der Waals surface area contributed by atoms with Crippen molar-refractivity contribution in [2.45, 2.75) is 45.2 Å². The Hall–Kier alpha value is -1.18. The molecule has 0 saturated carbocycles. The predicted molar refractivity (Wildman–Crippen MR) is 68.2 cm³/mol. The second-order valence-electron chi connectivity index (χ2n) is 4.71. The summed E-state index contributed by atoms with van der Waals surface area (Å²) in [5.41, 5.74) is 1.24. The van der Waals surface area contributed by atoms with Gasteiger partial charge >= 0.3 is 0 Å². The second-order valence-corrected chi connectivity index (χ2v) is 4.71. The molecule has 16 heavy (non-hydrogen) atoms. The van der Waals surface area contributed by atoms with Crippen molar-refractivity contribution in [2.24, 2.45) is 0 Å². The van der Waals surface area contributed by atoms with Crippen molar-refractivity contribution >= 4 is 5.69 Å². The van der Waals surface area contributed by atoms with E-state index in [1.807, 2.05) is 12.1 Å². The molecule has 2 rings (SSSR count). The van der Waals surface area contributed by atoms with E-state index in [0.717, 1.165) is 5.75 Å². The van der Waals surface area contributed by atoms with Crippen LogP contribution in [0.1, 0.15) is 33.1 Å². The molecule has 1 aromatic carbocycles. The van der Waals surface area contributed by atoms with Crippen LogP contribution in [0.3, 0.4) is 0 Å². The number of nitrogens with zero attached hydrogens (tertiary/aromatic N) is 1. The highest BCUT2D eigenvalue weighted by atomic mass is 16.5. The number of methoxy groups -OCH3 is 1. The number of rotatable bonds is 2. The van der Waals surface area contributed by atoms with Crippen molar-refractivity contribution in [3.05, 3.63) is 24.3 Å². The van der Waals surface area contributed by atoms with Crippen molar-refractivity contribution in [1.82, 2.24) is 0 Å². The lowest BCUT2D eigenvalue weighted by molar-refractivity contribution is 0.388. The van der Waals surface area contributed by atoms with E-state index in [-0.39, 0.29) is 0 Å². The van der Waals surface area contributed by atoms with Crippen LogP contribution in [-0.4, -0.2) is 19.2 Å². The second kappa shape index (κ2) is 4.77. The summed E-state index contributed by atoms with van der Waals surface area (Å²) in [6.45, 7) is 4.62. The number of hydrogen-bond donors (Lipinski definition) is 0. The van der Waals surface area contributed by atoms with Crippen LogP contribution in [0.15, 0.2) is 24.3 Å². The van der Waals surface area contributed by atoms with Crippen LogP contribution in [-0.2, 0) is 0 Å². The normalized spacial score (nSPS) is 25.6. The Labute approximate surface area is 98.2 Å². The van der Waals surface area contributed by atoms with E-state index in [9.17, 15) is 0 Å². The minimum atomic E-state index is 0.611. The summed E-state index contributed by atoms with van der Waals surface area (Å²) in [5, 5.41) is 0. The molecule has 2 atom stereocenters. The first kappa shape index (κ1) is 11.3. The maximum absolute atomic E-state index is 5.45. The van der Waals surface area contributed by atoms with Crippen LogP contribution in [0.4, 0.5) is 5.69 Å². The summed E-state index contributed by atoms with van der Waals surface area (Å²) < 4.78 is 5.45. The van der Waals surface area contributed by atoms with Crippen LogP contribution in [0.5, 0.6) is 5.75 Å². The Kier molecular flexibility index (Phi) is 3.37. The highest BCUT2D eigenvalue weighted by molar-refractivity contribution is 5.59. The zero-order valence-electron chi connectivity index (χ0n) is 10.4. The van der Waals surface area contributed by atoms with Gasteiger partial charge in [0.15, 0.2) is 0 Å². The summed E-state index contributed by atoms with van der Waals surface area (Å²) in [6, 6.07) is 9.55. The maximum Gasteiger partial charge on any atom is 0.142 e. The topological polar surface area (TPSA) is 12.5 Å². The fourth-order valence-corrected chi connectivity index (χ4v) is 2.74. The molecule has 0 N–H and O–H groups in total. The van der Waals surface area contributed by atoms with E-state index in [1.165, 1.54) is 24.9 Å². The van der Waals surface area contributed by atoms with E-state index < -0.39 is 0 Å². The molecule has 0 amide bonds. The van der Waals surface area contributed by atoms with E-state index in [4.69, 9.17) is 4.74 Å². The molecule has 0 radical (unpaired) electrons. The van der Waals surface area contributed by atoms with Gasteiger partial charge in [-0.2, -0.15) is 0 Å².